The van der Waals surface area contributed by atoms with Crippen LogP contribution >= 0.6 is 23.2 Å². The van der Waals surface area contributed by atoms with Crippen molar-refractivity contribution in [3.63, 3.8) is 0 Å². The fourth-order valence-corrected chi connectivity index (χ4v) is 3.85. The minimum atomic E-state index is -0.573. The molecule has 0 bridgehead atoms. The maximum Gasteiger partial charge on any atom is 0.255 e. The van der Waals surface area contributed by atoms with E-state index in [0.29, 0.717) is 47.0 Å². The van der Waals surface area contributed by atoms with Crippen LogP contribution in [0.5, 0.6) is 0 Å². The molecular formula is C20H24Cl2N6O3. The van der Waals surface area contributed by atoms with E-state index in [-0.39, 0.29) is 11.1 Å². The lowest BCUT2D eigenvalue weighted by Gasteiger charge is -2.22. The molecule has 1 amide bonds. The maximum absolute atomic E-state index is 12.4. The van der Waals surface area contributed by atoms with Gasteiger partial charge in [-0.05, 0) is 24.8 Å². The Kier molecular flexibility index (Phi) is 7.52. The molecule has 9 nitrogen and oxygen atoms in total. The molecule has 4 rings (SSSR count). The van der Waals surface area contributed by atoms with Gasteiger partial charge in [-0.15, -0.1) is 0 Å². The molecule has 2 aliphatic rings. The molecule has 31 heavy (non-hydrogen) atoms. The summed E-state index contributed by atoms with van der Waals surface area (Å²) in [6, 6.07) is 1.63. The number of hydrogen-bond acceptors (Lipinski definition) is 8. The van der Waals surface area contributed by atoms with Crippen molar-refractivity contribution < 1.29 is 14.3 Å². The molecule has 4 heterocycles. The molecule has 2 aromatic rings. The first-order valence-electron chi connectivity index (χ1n) is 10.2. The second-order valence-electron chi connectivity index (χ2n) is 7.43. The van der Waals surface area contributed by atoms with Gasteiger partial charge in [0.15, 0.2) is 5.15 Å². The van der Waals surface area contributed by atoms with Gasteiger partial charge in [-0.25, -0.2) is 15.0 Å². The number of nitrogens with zero attached hydrogens (tertiary/aromatic N) is 3. The van der Waals surface area contributed by atoms with E-state index in [1.165, 1.54) is 6.20 Å². The summed E-state index contributed by atoms with van der Waals surface area (Å²) in [7, 11) is 0. The zero-order valence-corrected chi connectivity index (χ0v) is 18.4. The van der Waals surface area contributed by atoms with Gasteiger partial charge in [-0.3, -0.25) is 4.79 Å². The Morgan fingerprint density at radius 2 is 2.00 bits per heavy atom. The molecule has 0 radical (unpaired) electrons. The Morgan fingerprint density at radius 1 is 1.16 bits per heavy atom. The summed E-state index contributed by atoms with van der Waals surface area (Å²) in [5.41, 5.74) is 0.944. The third kappa shape index (κ3) is 5.81. The molecule has 2 aliphatic heterocycles. The van der Waals surface area contributed by atoms with Gasteiger partial charge in [-0.2, -0.15) is 0 Å². The lowest BCUT2D eigenvalue weighted by atomic mass is 10.0. The summed E-state index contributed by atoms with van der Waals surface area (Å²) in [6.45, 7) is 4.00. The van der Waals surface area contributed by atoms with E-state index < -0.39 is 6.10 Å². The van der Waals surface area contributed by atoms with Crippen LogP contribution < -0.4 is 16.0 Å². The summed E-state index contributed by atoms with van der Waals surface area (Å²) < 4.78 is 10.9. The highest BCUT2D eigenvalue weighted by molar-refractivity contribution is 6.35. The summed E-state index contributed by atoms with van der Waals surface area (Å²) in [6.07, 6.45) is 4.50. The fourth-order valence-electron chi connectivity index (χ4n) is 3.46. The van der Waals surface area contributed by atoms with Crippen molar-refractivity contribution in [1.29, 1.82) is 0 Å². The average molecular weight is 467 g/mol. The van der Waals surface area contributed by atoms with Gasteiger partial charge >= 0.3 is 0 Å². The molecule has 0 saturated carbocycles. The molecular weight excluding hydrogens is 443 g/mol. The molecule has 2 saturated heterocycles. The second-order valence-corrected chi connectivity index (χ2v) is 8.20. The molecule has 166 valence electrons. The van der Waals surface area contributed by atoms with Gasteiger partial charge in [0, 0.05) is 44.6 Å². The molecule has 0 aliphatic carbocycles. The Morgan fingerprint density at radius 3 is 2.77 bits per heavy atom. The highest BCUT2D eigenvalue weighted by atomic mass is 35.5. The van der Waals surface area contributed by atoms with Crippen molar-refractivity contribution in [1.82, 2.24) is 20.3 Å². The quantitative estimate of drug-likeness (QED) is 0.595. The van der Waals surface area contributed by atoms with Crippen LogP contribution in [0.25, 0.3) is 11.3 Å². The van der Waals surface area contributed by atoms with Gasteiger partial charge < -0.3 is 25.4 Å². The molecule has 0 aromatic carbocycles. The zero-order valence-electron chi connectivity index (χ0n) is 16.9. The van der Waals surface area contributed by atoms with E-state index >= 15 is 0 Å². The number of carbonyl (C=O) groups is 1. The summed E-state index contributed by atoms with van der Waals surface area (Å²) >= 11 is 12.7. The molecule has 2 fully saturated rings. The maximum atomic E-state index is 12.4. The number of pyridine rings is 1. The first kappa shape index (κ1) is 22.2. The standard InChI is InChI=1S/C20H24Cl2N6O3/c21-14-9-25-16(28-20(29)15-10-23-3-6-31-15)7-13(14)18-19(22)26-11-17(27-18)24-8-12-1-4-30-5-2-12/h7,9,11-12,15,23H,1-6,8,10H2,(H,24,27)(H,25,28,29). The summed E-state index contributed by atoms with van der Waals surface area (Å²) in [5, 5.41) is 9.76. The Hall–Kier alpha value is -2.04. The van der Waals surface area contributed by atoms with Crippen molar-refractivity contribution >= 4 is 40.7 Å². The van der Waals surface area contributed by atoms with Crippen molar-refractivity contribution in [2.24, 2.45) is 5.92 Å². The largest absolute Gasteiger partial charge is 0.381 e. The van der Waals surface area contributed by atoms with Gasteiger partial charge in [0.25, 0.3) is 5.91 Å². The summed E-state index contributed by atoms with van der Waals surface area (Å²) in [5.74, 6) is 1.18. The van der Waals surface area contributed by atoms with Crippen molar-refractivity contribution in [3.8, 4) is 11.3 Å². The van der Waals surface area contributed by atoms with Crippen LogP contribution in [0.1, 0.15) is 12.8 Å². The number of carbonyl (C=O) groups excluding carboxylic acids is 1. The predicted molar refractivity (Wildman–Crippen MR) is 119 cm³/mol. The van der Waals surface area contributed by atoms with Crippen molar-refractivity contribution in [3.05, 3.63) is 28.6 Å². The van der Waals surface area contributed by atoms with Crippen LogP contribution in [0, 0.1) is 5.92 Å². The van der Waals surface area contributed by atoms with Crippen molar-refractivity contribution in [2.45, 2.75) is 18.9 Å². The van der Waals surface area contributed by atoms with Gasteiger partial charge in [0.1, 0.15) is 23.4 Å². The fraction of sp³-hybridized carbons (Fsp3) is 0.500. The number of hydrogen-bond donors (Lipinski definition) is 3. The van der Waals surface area contributed by atoms with Crippen LogP contribution in [0.15, 0.2) is 18.5 Å². The van der Waals surface area contributed by atoms with Crippen LogP contribution in [-0.4, -0.2) is 66.4 Å². The van der Waals surface area contributed by atoms with E-state index in [1.54, 1.807) is 12.3 Å². The number of aromatic nitrogens is 3. The molecule has 1 unspecified atom stereocenters. The lowest BCUT2D eigenvalue weighted by Crippen LogP contribution is -2.45. The first-order chi connectivity index (χ1) is 15.1. The van der Waals surface area contributed by atoms with Gasteiger partial charge in [0.2, 0.25) is 0 Å². The molecule has 3 N–H and O–H groups in total. The minimum Gasteiger partial charge on any atom is -0.381 e. The number of morpholine rings is 1. The number of anilines is 2. The Labute approximate surface area is 190 Å². The number of ether oxygens (including phenoxy) is 2. The molecule has 0 spiro atoms. The topological polar surface area (TPSA) is 110 Å². The highest BCUT2D eigenvalue weighted by Crippen LogP contribution is 2.32. The number of halogens is 2. The number of amides is 1. The van der Waals surface area contributed by atoms with Crippen molar-refractivity contribution in [2.75, 3.05) is 50.1 Å². The average Bonchev–Trinajstić information content (AvgIpc) is 2.81. The minimum absolute atomic E-state index is 0.210. The number of nitrogens with one attached hydrogen (secondary N) is 3. The molecule has 11 heteroatoms. The van der Waals surface area contributed by atoms with E-state index in [0.717, 1.165) is 39.1 Å². The third-order valence-corrected chi connectivity index (χ3v) is 5.80. The van der Waals surface area contributed by atoms with Crippen LogP contribution in [-0.2, 0) is 14.3 Å². The predicted octanol–water partition coefficient (Wildman–Crippen LogP) is 2.61. The normalized spacial score (nSPS) is 19.7. The smallest absolute Gasteiger partial charge is 0.255 e. The van der Waals surface area contributed by atoms with Crippen LogP contribution in [0.2, 0.25) is 10.2 Å². The summed E-state index contributed by atoms with van der Waals surface area (Å²) in [4.78, 5) is 25.5. The highest BCUT2D eigenvalue weighted by Gasteiger charge is 2.23. The van der Waals surface area contributed by atoms with Gasteiger partial charge in [0.05, 0.1) is 17.8 Å². The second kappa shape index (κ2) is 10.5. The van der Waals surface area contributed by atoms with E-state index in [1.807, 2.05) is 0 Å². The SMILES string of the molecule is O=C(Nc1cc(-c2nc(NCC3CCOCC3)cnc2Cl)c(Cl)cn1)C1CNCCO1. The lowest BCUT2D eigenvalue weighted by molar-refractivity contribution is -0.128. The van der Waals surface area contributed by atoms with Crippen LogP contribution in [0.3, 0.4) is 0 Å². The molecule has 1 atom stereocenters. The van der Waals surface area contributed by atoms with Gasteiger partial charge in [-0.1, -0.05) is 23.2 Å². The van der Waals surface area contributed by atoms with E-state index in [2.05, 4.69) is 30.9 Å². The zero-order chi connectivity index (χ0) is 21.6. The third-order valence-electron chi connectivity index (χ3n) is 5.22. The monoisotopic (exact) mass is 466 g/mol. The Balaban J connectivity index is 1.49. The Bertz CT molecular complexity index is 920. The number of rotatable bonds is 6. The van der Waals surface area contributed by atoms with E-state index in [9.17, 15) is 4.79 Å². The first-order valence-corrected chi connectivity index (χ1v) is 11.0. The van der Waals surface area contributed by atoms with Crippen LogP contribution in [0.4, 0.5) is 11.6 Å². The molecule has 2 aromatic heterocycles. The van der Waals surface area contributed by atoms with E-state index in [4.69, 9.17) is 32.7 Å².